The van der Waals surface area contributed by atoms with Crippen LogP contribution < -0.4 is 10.6 Å². The first kappa shape index (κ1) is 17.6. The van der Waals surface area contributed by atoms with Crippen LogP contribution in [-0.2, 0) is 4.79 Å². The van der Waals surface area contributed by atoms with Crippen LogP contribution in [0.25, 0.3) is 0 Å². The zero-order valence-corrected chi connectivity index (χ0v) is 14.1. The molecule has 0 aromatic heterocycles. The number of rotatable bonds is 4. The highest BCUT2D eigenvalue weighted by atomic mass is 35.5. The minimum atomic E-state index is -0.229. The molecule has 1 aromatic rings. The van der Waals surface area contributed by atoms with Gasteiger partial charge in [-0.25, -0.2) is 4.39 Å². The molecule has 6 heteroatoms. The first-order valence-corrected chi connectivity index (χ1v) is 8.63. The molecule has 2 N–H and O–H groups in total. The van der Waals surface area contributed by atoms with Crippen molar-refractivity contribution in [3.8, 4) is 0 Å². The van der Waals surface area contributed by atoms with Crippen LogP contribution in [0.5, 0.6) is 0 Å². The van der Waals surface area contributed by atoms with E-state index in [1.807, 2.05) is 6.07 Å². The summed E-state index contributed by atoms with van der Waals surface area (Å²) in [7, 11) is 0. The standard InChI is InChI=1S/C16H21FN2OS.ClH/c17-12-2-3-15-13(9-12)14(6-8-21-15)19-16(20)4-1-11-5-7-18-10-11;/h2-3,9,11,14,18H,1,4-8,10H2,(H,19,20);1H. The fourth-order valence-electron chi connectivity index (χ4n) is 3.08. The maximum Gasteiger partial charge on any atom is 0.220 e. The van der Waals surface area contributed by atoms with Crippen LogP contribution in [-0.4, -0.2) is 24.7 Å². The maximum absolute atomic E-state index is 13.4. The van der Waals surface area contributed by atoms with Crippen molar-refractivity contribution in [2.75, 3.05) is 18.8 Å². The normalized spacial score (nSPS) is 23.5. The fourth-order valence-corrected chi connectivity index (χ4v) is 4.18. The minimum absolute atomic E-state index is 0. The summed E-state index contributed by atoms with van der Waals surface area (Å²) in [6, 6.07) is 4.83. The smallest absolute Gasteiger partial charge is 0.220 e. The highest BCUT2D eigenvalue weighted by molar-refractivity contribution is 7.99. The van der Waals surface area contributed by atoms with Gasteiger partial charge in [0.1, 0.15) is 5.82 Å². The average Bonchev–Trinajstić information content (AvgIpc) is 2.99. The van der Waals surface area contributed by atoms with Gasteiger partial charge < -0.3 is 10.6 Å². The van der Waals surface area contributed by atoms with Crippen LogP contribution >= 0.6 is 24.2 Å². The van der Waals surface area contributed by atoms with Crippen molar-refractivity contribution in [2.24, 2.45) is 5.92 Å². The number of hydrogen-bond acceptors (Lipinski definition) is 3. The summed E-state index contributed by atoms with van der Waals surface area (Å²) >= 11 is 1.74. The van der Waals surface area contributed by atoms with Crippen LogP contribution in [0.1, 0.15) is 37.3 Å². The van der Waals surface area contributed by atoms with Gasteiger partial charge in [-0.3, -0.25) is 4.79 Å². The highest BCUT2D eigenvalue weighted by Crippen LogP contribution is 2.36. The van der Waals surface area contributed by atoms with E-state index in [4.69, 9.17) is 0 Å². The van der Waals surface area contributed by atoms with E-state index in [9.17, 15) is 9.18 Å². The molecule has 2 aliphatic rings. The van der Waals surface area contributed by atoms with E-state index >= 15 is 0 Å². The molecule has 3 nitrogen and oxygen atoms in total. The summed E-state index contributed by atoms with van der Waals surface area (Å²) in [6.07, 6.45) is 3.55. The lowest BCUT2D eigenvalue weighted by atomic mass is 10.0. The number of thioether (sulfide) groups is 1. The first-order chi connectivity index (χ1) is 10.2. The van der Waals surface area contributed by atoms with E-state index in [-0.39, 0.29) is 30.2 Å². The van der Waals surface area contributed by atoms with E-state index in [1.54, 1.807) is 17.8 Å². The lowest BCUT2D eigenvalue weighted by Crippen LogP contribution is -2.31. The molecule has 3 rings (SSSR count). The van der Waals surface area contributed by atoms with Crippen molar-refractivity contribution >= 4 is 30.1 Å². The summed E-state index contributed by atoms with van der Waals surface area (Å²) in [5, 5.41) is 6.41. The monoisotopic (exact) mass is 344 g/mol. The molecule has 2 unspecified atom stereocenters. The van der Waals surface area contributed by atoms with Gasteiger partial charge in [-0.1, -0.05) is 0 Å². The zero-order chi connectivity index (χ0) is 14.7. The number of carbonyl (C=O) groups excluding carboxylic acids is 1. The molecule has 0 aliphatic carbocycles. The summed E-state index contributed by atoms with van der Waals surface area (Å²) in [4.78, 5) is 13.2. The highest BCUT2D eigenvalue weighted by Gasteiger charge is 2.23. The van der Waals surface area contributed by atoms with Crippen molar-refractivity contribution in [3.63, 3.8) is 0 Å². The number of halogens is 2. The van der Waals surface area contributed by atoms with Crippen LogP contribution in [0.2, 0.25) is 0 Å². The second-order valence-electron chi connectivity index (χ2n) is 5.84. The van der Waals surface area contributed by atoms with Gasteiger partial charge in [0.25, 0.3) is 0 Å². The summed E-state index contributed by atoms with van der Waals surface area (Å²) < 4.78 is 13.4. The van der Waals surface area contributed by atoms with Crippen molar-refractivity contribution in [1.29, 1.82) is 0 Å². The third-order valence-electron chi connectivity index (χ3n) is 4.29. The van der Waals surface area contributed by atoms with Gasteiger partial charge in [0.15, 0.2) is 0 Å². The van der Waals surface area contributed by atoms with Crippen LogP contribution in [0.4, 0.5) is 4.39 Å². The molecule has 22 heavy (non-hydrogen) atoms. The van der Waals surface area contributed by atoms with Gasteiger partial charge >= 0.3 is 0 Å². The topological polar surface area (TPSA) is 41.1 Å². The minimum Gasteiger partial charge on any atom is -0.349 e. The summed E-state index contributed by atoms with van der Waals surface area (Å²) in [6.45, 7) is 2.10. The second kappa shape index (κ2) is 8.18. The number of carbonyl (C=O) groups is 1. The predicted octanol–water partition coefficient (Wildman–Crippen LogP) is 3.29. The molecule has 1 fully saturated rings. The molecular weight excluding hydrogens is 323 g/mol. The molecule has 2 atom stereocenters. The van der Waals surface area contributed by atoms with Gasteiger partial charge in [0.05, 0.1) is 6.04 Å². The third kappa shape index (κ3) is 4.37. The number of fused-ring (bicyclic) bond motifs is 1. The quantitative estimate of drug-likeness (QED) is 0.880. The molecule has 2 aliphatic heterocycles. The number of nitrogens with one attached hydrogen (secondary N) is 2. The molecule has 0 spiro atoms. The van der Waals surface area contributed by atoms with Gasteiger partial charge in [-0.05, 0) is 62.0 Å². The Morgan fingerprint density at radius 1 is 1.41 bits per heavy atom. The molecule has 0 radical (unpaired) electrons. The van der Waals surface area contributed by atoms with Gasteiger partial charge in [0, 0.05) is 17.1 Å². The maximum atomic E-state index is 13.4. The van der Waals surface area contributed by atoms with E-state index in [2.05, 4.69) is 10.6 Å². The Hall–Kier alpha value is -0.780. The van der Waals surface area contributed by atoms with E-state index in [0.717, 1.165) is 42.1 Å². The Morgan fingerprint density at radius 3 is 3.05 bits per heavy atom. The lowest BCUT2D eigenvalue weighted by Gasteiger charge is -2.26. The Labute approximate surface area is 141 Å². The molecule has 1 aromatic carbocycles. The van der Waals surface area contributed by atoms with Crippen LogP contribution in [0, 0.1) is 11.7 Å². The van der Waals surface area contributed by atoms with E-state index in [0.29, 0.717) is 12.3 Å². The van der Waals surface area contributed by atoms with Crippen molar-refractivity contribution in [1.82, 2.24) is 10.6 Å². The first-order valence-electron chi connectivity index (χ1n) is 7.64. The van der Waals surface area contributed by atoms with E-state index < -0.39 is 0 Å². The molecule has 0 bridgehead atoms. The summed E-state index contributed by atoms with van der Waals surface area (Å²) in [5.74, 6) is 1.46. The number of hydrogen-bond donors (Lipinski definition) is 2. The average molecular weight is 345 g/mol. The van der Waals surface area contributed by atoms with Gasteiger partial charge in [0.2, 0.25) is 5.91 Å². The molecule has 1 amide bonds. The van der Waals surface area contributed by atoms with Gasteiger partial charge in [-0.2, -0.15) is 0 Å². The predicted molar refractivity (Wildman–Crippen MR) is 90.1 cm³/mol. The Morgan fingerprint density at radius 2 is 2.27 bits per heavy atom. The summed E-state index contributed by atoms with van der Waals surface area (Å²) in [5.41, 5.74) is 0.933. The van der Waals surface area contributed by atoms with Crippen molar-refractivity contribution < 1.29 is 9.18 Å². The Balaban J connectivity index is 0.00000176. The molecule has 1 saturated heterocycles. The molecule has 0 saturated carbocycles. The van der Waals surface area contributed by atoms with Crippen molar-refractivity contribution in [3.05, 3.63) is 29.6 Å². The number of benzene rings is 1. The largest absolute Gasteiger partial charge is 0.349 e. The second-order valence-corrected chi connectivity index (χ2v) is 6.97. The van der Waals surface area contributed by atoms with Crippen molar-refractivity contribution in [2.45, 2.75) is 36.6 Å². The number of amides is 1. The lowest BCUT2D eigenvalue weighted by molar-refractivity contribution is -0.122. The van der Waals surface area contributed by atoms with Gasteiger partial charge in [-0.15, -0.1) is 24.2 Å². The third-order valence-corrected chi connectivity index (χ3v) is 5.41. The fraction of sp³-hybridized carbons (Fsp3) is 0.562. The molecule has 2 heterocycles. The molecule has 122 valence electrons. The van der Waals surface area contributed by atoms with Crippen LogP contribution in [0.3, 0.4) is 0 Å². The van der Waals surface area contributed by atoms with Crippen LogP contribution in [0.15, 0.2) is 23.1 Å². The molecular formula is C16H22ClFN2OS. The van der Waals surface area contributed by atoms with E-state index in [1.165, 1.54) is 12.5 Å². The zero-order valence-electron chi connectivity index (χ0n) is 12.4. The SMILES string of the molecule is Cl.O=C(CCC1CCNC1)NC1CCSc2ccc(F)cc21. The Bertz CT molecular complexity index is 523. The Kier molecular flexibility index (Phi) is 6.53.